The molecule has 2 aromatic heterocycles. The summed E-state index contributed by atoms with van der Waals surface area (Å²) in [5, 5.41) is 1.91. The first-order valence-electron chi connectivity index (χ1n) is 7.39. The number of rotatable bonds is 1. The van der Waals surface area contributed by atoms with Crippen molar-refractivity contribution in [1.82, 2.24) is 14.5 Å². The number of aryl methyl sites for hydroxylation is 2. The normalized spacial score (nSPS) is 11.4. The lowest BCUT2D eigenvalue weighted by atomic mass is 10.1. The van der Waals surface area contributed by atoms with Gasteiger partial charge in [-0.05, 0) is 49.6 Å². The topological polar surface area (TPSA) is 70.7 Å². The first-order chi connectivity index (χ1) is 11.0. The first kappa shape index (κ1) is 13.6. The molecule has 0 atom stereocenters. The zero-order valence-electron chi connectivity index (χ0n) is 12.8. The zero-order chi connectivity index (χ0) is 16.1. The fourth-order valence-electron chi connectivity index (χ4n) is 3.11. The van der Waals surface area contributed by atoms with Gasteiger partial charge in [-0.1, -0.05) is 12.1 Å². The van der Waals surface area contributed by atoms with E-state index in [1.54, 1.807) is 6.07 Å². The van der Waals surface area contributed by atoms with E-state index in [4.69, 9.17) is 0 Å². The molecule has 2 aromatic carbocycles. The average Bonchev–Trinajstić information content (AvgIpc) is 2.87. The molecule has 114 valence electrons. The van der Waals surface area contributed by atoms with Crippen LogP contribution in [0.25, 0.3) is 27.5 Å². The second-order valence-electron chi connectivity index (χ2n) is 5.75. The SMILES string of the molecule is Cc1ccc(C)n1-c1ccc2ccc3[nH]c(=O)c(=O)[nH]c3c2c1. The number of nitrogens with zero attached hydrogens (tertiary/aromatic N) is 1. The number of hydrogen-bond acceptors (Lipinski definition) is 2. The summed E-state index contributed by atoms with van der Waals surface area (Å²) in [4.78, 5) is 28.5. The van der Waals surface area contributed by atoms with Crippen molar-refractivity contribution in [3.05, 3.63) is 74.6 Å². The van der Waals surface area contributed by atoms with E-state index >= 15 is 0 Å². The monoisotopic (exact) mass is 305 g/mol. The van der Waals surface area contributed by atoms with Crippen LogP contribution in [0.1, 0.15) is 11.4 Å². The van der Waals surface area contributed by atoms with Gasteiger partial charge in [-0.25, -0.2) is 0 Å². The van der Waals surface area contributed by atoms with Gasteiger partial charge in [0.05, 0.1) is 11.0 Å². The third kappa shape index (κ3) is 2.01. The molecule has 0 fully saturated rings. The first-order valence-corrected chi connectivity index (χ1v) is 7.39. The van der Waals surface area contributed by atoms with E-state index in [9.17, 15) is 9.59 Å². The smallest absolute Gasteiger partial charge is 0.314 e. The predicted molar refractivity (Wildman–Crippen MR) is 91.5 cm³/mol. The Morgan fingerprint density at radius 3 is 2.22 bits per heavy atom. The molecule has 0 aliphatic rings. The Balaban J connectivity index is 2.11. The number of benzene rings is 2. The number of H-pyrrole nitrogens is 2. The van der Waals surface area contributed by atoms with Crippen LogP contribution in [0.15, 0.2) is 52.1 Å². The van der Waals surface area contributed by atoms with Gasteiger partial charge in [-0.2, -0.15) is 0 Å². The van der Waals surface area contributed by atoms with Crippen molar-refractivity contribution in [2.24, 2.45) is 0 Å². The maximum absolute atomic E-state index is 11.7. The summed E-state index contributed by atoms with van der Waals surface area (Å²) in [6.45, 7) is 4.11. The minimum Gasteiger partial charge on any atom is -0.318 e. The van der Waals surface area contributed by atoms with Crippen LogP contribution in [-0.2, 0) is 0 Å². The quantitative estimate of drug-likeness (QED) is 0.419. The van der Waals surface area contributed by atoms with Crippen molar-refractivity contribution < 1.29 is 0 Å². The Morgan fingerprint density at radius 2 is 1.48 bits per heavy atom. The van der Waals surface area contributed by atoms with Gasteiger partial charge in [-0.3, -0.25) is 9.59 Å². The van der Waals surface area contributed by atoms with Gasteiger partial charge in [0.2, 0.25) is 0 Å². The van der Waals surface area contributed by atoms with Crippen LogP contribution in [-0.4, -0.2) is 14.5 Å². The average molecular weight is 305 g/mol. The molecule has 4 rings (SSSR count). The second kappa shape index (κ2) is 4.71. The van der Waals surface area contributed by atoms with Crippen LogP contribution < -0.4 is 11.1 Å². The van der Waals surface area contributed by atoms with Crippen molar-refractivity contribution in [3.63, 3.8) is 0 Å². The molecule has 4 aromatic rings. The number of nitrogens with one attached hydrogen (secondary N) is 2. The number of aromatic amines is 2. The zero-order valence-corrected chi connectivity index (χ0v) is 12.8. The van der Waals surface area contributed by atoms with E-state index in [1.165, 1.54) is 0 Å². The van der Waals surface area contributed by atoms with Crippen LogP contribution in [0.3, 0.4) is 0 Å². The van der Waals surface area contributed by atoms with E-state index < -0.39 is 11.1 Å². The largest absolute Gasteiger partial charge is 0.318 e. The van der Waals surface area contributed by atoms with Gasteiger partial charge >= 0.3 is 11.1 Å². The highest BCUT2D eigenvalue weighted by molar-refractivity contribution is 6.04. The van der Waals surface area contributed by atoms with Crippen LogP contribution in [0.2, 0.25) is 0 Å². The molecular weight excluding hydrogens is 290 g/mol. The maximum Gasteiger partial charge on any atom is 0.314 e. The molecule has 0 amide bonds. The fraction of sp³-hybridized carbons (Fsp3) is 0.111. The summed E-state index contributed by atoms with van der Waals surface area (Å²) in [5.41, 5.74) is 3.32. The molecular formula is C18H15N3O2. The third-order valence-electron chi connectivity index (χ3n) is 4.23. The maximum atomic E-state index is 11.7. The van der Waals surface area contributed by atoms with Gasteiger partial charge < -0.3 is 14.5 Å². The number of fused-ring (bicyclic) bond motifs is 3. The minimum atomic E-state index is -0.635. The van der Waals surface area contributed by atoms with E-state index in [2.05, 4.69) is 46.6 Å². The lowest BCUT2D eigenvalue weighted by Gasteiger charge is -2.11. The number of aromatic nitrogens is 3. The predicted octanol–water partition coefficient (Wildman–Crippen LogP) is 2.78. The minimum absolute atomic E-state index is 0.625. The lowest BCUT2D eigenvalue weighted by Crippen LogP contribution is -2.28. The van der Waals surface area contributed by atoms with E-state index in [1.807, 2.05) is 18.2 Å². The summed E-state index contributed by atoms with van der Waals surface area (Å²) in [7, 11) is 0. The molecule has 0 aliphatic heterocycles. The van der Waals surface area contributed by atoms with Crippen LogP contribution in [0.5, 0.6) is 0 Å². The van der Waals surface area contributed by atoms with Gasteiger partial charge in [0.15, 0.2) is 0 Å². The molecule has 0 unspecified atom stereocenters. The molecule has 0 aliphatic carbocycles. The Morgan fingerprint density at radius 1 is 0.826 bits per heavy atom. The molecule has 23 heavy (non-hydrogen) atoms. The standard InChI is InChI=1S/C18H15N3O2/c1-10-3-4-11(2)21(10)13-7-5-12-6-8-15-16(14(12)9-13)20-18(23)17(22)19-15/h3-9H,1-2H3,(H,19,22)(H,20,23). The molecule has 5 nitrogen and oxygen atoms in total. The van der Waals surface area contributed by atoms with Crippen molar-refractivity contribution in [3.8, 4) is 5.69 Å². The van der Waals surface area contributed by atoms with Crippen LogP contribution in [0.4, 0.5) is 0 Å². The molecule has 0 spiro atoms. The Hall–Kier alpha value is -3.08. The highest BCUT2D eigenvalue weighted by atomic mass is 16.2. The van der Waals surface area contributed by atoms with E-state index in [0.717, 1.165) is 27.8 Å². The van der Waals surface area contributed by atoms with Gasteiger partial charge in [0.1, 0.15) is 0 Å². The Labute approximate surface area is 131 Å². The highest BCUT2D eigenvalue weighted by Crippen LogP contribution is 2.25. The molecule has 5 heteroatoms. The van der Waals surface area contributed by atoms with Crippen LogP contribution in [0, 0.1) is 13.8 Å². The molecule has 0 saturated heterocycles. The summed E-state index contributed by atoms with van der Waals surface area (Å²) < 4.78 is 2.15. The van der Waals surface area contributed by atoms with Crippen LogP contribution >= 0.6 is 0 Å². The van der Waals surface area contributed by atoms with E-state index in [-0.39, 0.29) is 0 Å². The summed E-state index contributed by atoms with van der Waals surface area (Å²) in [6.07, 6.45) is 0. The summed E-state index contributed by atoms with van der Waals surface area (Å²) in [5.74, 6) is 0. The van der Waals surface area contributed by atoms with Crippen molar-refractivity contribution in [2.75, 3.05) is 0 Å². The summed E-state index contributed by atoms with van der Waals surface area (Å²) >= 11 is 0. The number of hydrogen-bond donors (Lipinski definition) is 2. The molecule has 2 N–H and O–H groups in total. The fourth-order valence-corrected chi connectivity index (χ4v) is 3.11. The van der Waals surface area contributed by atoms with Crippen molar-refractivity contribution >= 4 is 21.8 Å². The van der Waals surface area contributed by atoms with E-state index in [0.29, 0.717) is 11.0 Å². The molecule has 0 radical (unpaired) electrons. The lowest BCUT2D eigenvalue weighted by molar-refractivity contribution is 0.968. The van der Waals surface area contributed by atoms with Crippen molar-refractivity contribution in [2.45, 2.75) is 13.8 Å². The third-order valence-corrected chi connectivity index (χ3v) is 4.23. The highest BCUT2D eigenvalue weighted by Gasteiger charge is 2.08. The molecule has 2 heterocycles. The second-order valence-corrected chi connectivity index (χ2v) is 5.75. The molecule has 0 saturated carbocycles. The van der Waals surface area contributed by atoms with Crippen molar-refractivity contribution in [1.29, 1.82) is 0 Å². The Kier molecular flexibility index (Phi) is 2.78. The molecule has 0 bridgehead atoms. The van der Waals surface area contributed by atoms with Gasteiger partial charge in [0, 0.05) is 22.5 Å². The Bertz CT molecular complexity index is 1160. The van der Waals surface area contributed by atoms with Gasteiger partial charge in [-0.15, -0.1) is 0 Å². The summed E-state index contributed by atoms with van der Waals surface area (Å²) in [6, 6.07) is 14.0. The van der Waals surface area contributed by atoms with Gasteiger partial charge in [0.25, 0.3) is 0 Å².